The second-order valence-corrected chi connectivity index (χ2v) is 8.17. The number of imide groups is 1. The number of halogens is 1. The van der Waals surface area contributed by atoms with E-state index in [2.05, 4.69) is 20.6 Å². The maximum atomic E-state index is 12.6. The lowest BCUT2D eigenvalue weighted by atomic mass is 10.2. The standard InChI is InChI=1S/C20H18ClN5O2S/c1-12(18(27)26-11-10-22-20(26)28)29-19-24-15-8-4-2-6-13(15)17(25-19)23-16-9-5-3-7-14(16)21/h2-9,12H,10-11H2,1H3,(H,22,28)(H,23,24,25). The van der Waals surface area contributed by atoms with Crippen LogP contribution in [0, 0.1) is 0 Å². The van der Waals surface area contributed by atoms with Crippen LogP contribution in [0.3, 0.4) is 0 Å². The van der Waals surface area contributed by atoms with E-state index in [1.54, 1.807) is 13.0 Å². The molecule has 4 rings (SSSR count). The molecule has 1 saturated heterocycles. The van der Waals surface area contributed by atoms with Gasteiger partial charge in [-0.05, 0) is 31.2 Å². The van der Waals surface area contributed by atoms with Crippen LogP contribution in [0.4, 0.5) is 16.3 Å². The Morgan fingerprint density at radius 3 is 2.72 bits per heavy atom. The maximum Gasteiger partial charge on any atom is 0.324 e. The van der Waals surface area contributed by atoms with Crippen molar-refractivity contribution in [2.75, 3.05) is 18.4 Å². The van der Waals surface area contributed by atoms with Gasteiger partial charge < -0.3 is 10.6 Å². The monoisotopic (exact) mass is 427 g/mol. The number of amides is 3. The number of para-hydroxylation sites is 2. The van der Waals surface area contributed by atoms with Crippen molar-refractivity contribution in [1.29, 1.82) is 0 Å². The van der Waals surface area contributed by atoms with E-state index in [-0.39, 0.29) is 11.9 Å². The number of thioether (sulfide) groups is 1. The van der Waals surface area contributed by atoms with Crippen molar-refractivity contribution in [2.24, 2.45) is 0 Å². The number of carbonyl (C=O) groups is 2. The first-order valence-corrected chi connectivity index (χ1v) is 10.3. The summed E-state index contributed by atoms with van der Waals surface area (Å²) in [6.07, 6.45) is 0. The average molecular weight is 428 g/mol. The fourth-order valence-electron chi connectivity index (χ4n) is 3.00. The van der Waals surface area contributed by atoms with Crippen LogP contribution in [0.1, 0.15) is 6.92 Å². The van der Waals surface area contributed by atoms with Crippen molar-refractivity contribution in [2.45, 2.75) is 17.3 Å². The predicted molar refractivity (Wildman–Crippen MR) is 115 cm³/mol. The minimum absolute atomic E-state index is 0.262. The van der Waals surface area contributed by atoms with Crippen LogP contribution in [0.25, 0.3) is 10.9 Å². The van der Waals surface area contributed by atoms with Crippen molar-refractivity contribution < 1.29 is 9.59 Å². The Labute approximate surface area is 176 Å². The van der Waals surface area contributed by atoms with Crippen LogP contribution in [-0.4, -0.2) is 45.1 Å². The number of benzene rings is 2. The van der Waals surface area contributed by atoms with E-state index in [0.717, 1.165) is 16.6 Å². The number of hydrogen-bond donors (Lipinski definition) is 2. The van der Waals surface area contributed by atoms with E-state index >= 15 is 0 Å². The molecule has 1 atom stereocenters. The first kappa shape index (κ1) is 19.5. The predicted octanol–water partition coefficient (Wildman–Crippen LogP) is 4.06. The van der Waals surface area contributed by atoms with Crippen LogP contribution >= 0.6 is 23.4 Å². The van der Waals surface area contributed by atoms with Gasteiger partial charge >= 0.3 is 6.03 Å². The van der Waals surface area contributed by atoms with Gasteiger partial charge in [-0.3, -0.25) is 9.69 Å². The topological polar surface area (TPSA) is 87.2 Å². The van der Waals surface area contributed by atoms with Gasteiger partial charge in [-0.1, -0.05) is 47.6 Å². The van der Waals surface area contributed by atoms with Gasteiger partial charge in [0.05, 0.1) is 21.5 Å². The van der Waals surface area contributed by atoms with E-state index < -0.39 is 5.25 Å². The molecule has 9 heteroatoms. The minimum Gasteiger partial charge on any atom is -0.338 e. The fraction of sp³-hybridized carbons (Fsp3) is 0.200. The van der Waals surface area contributed by atoms with Gasteiger partial charge in [-0.15, -0.1) is 0 Å². The van der Waals surface area contributed by atoms with E-state index in [9.17, 15) is 9.59 Å². The normalized spacial score (nSPS) is 14.7. The molecule has 7 nitrogen and oxygen atoms in total. The van der Waals surface area contributed by atoms with E-state index in [1.807, 2.05) is 42.5 Å². The molecule has 1 aromatic heterocycles. The Kier molecular flexibility index (Phi) is 5.55. The van der Waals surface area contributed by atoms with Crippen molar-refractivity contribution in [3.05, 3.63) is 53.6 Å². The zero-order chi connectivity index (χ0) is 20.4. The number of nitrogens with zero attached hydrogens (tertiary/aromatic N) is 3. The first-order chi connectivity index (χ1) is 14.0. The summed E-state index contributed by atoms with van der Waals surface area (Å²) in [6, 6.07) is 14.7. The summed E-state index contributed by atoms with van der Waals surface area (Å²) in [7, 11) is 0. The average Bonchev–Trinajstić information content (AvgIpc) is 3.15. The smallest absolute Gasteiger partial charge is 0.324 e. The second kappa shape index (κ2) is 8.26. The number of aromatic nitrogens is 2. The zero-order valence-electron chi connectivity index (χ0n) is 15.6. The molecule has 0 saturated carbocycles. The van der Waals surface area contributed by atoms with Gasteiger partial charge in [-0.25, -0.2) is 14.8 Å². The van der Waals surface area contributed by atoms with E-state index in [1.165, 1.54) is 16.7 Å². The molecule has 0 bridgehead atoms. The molecule has 0 radical (unpaired) electrons. The second-order valence-electron chi connectivity index (χ2n) is 6.46. The van der Waals surface area contributed by atoms with Crippen molar-refractivity contribution in [3.63, 3.8) is 0 Å². The highest BCUT2D eigenvalue weighted by Gasteiger charge is 2.30. The van der Waals surface area contributed by atoms with Crippen molar-refractivity contribution in [1.82, 2.24) is 20.2 Å². The Hall–Kier alpha value is -2.84. The molecular weight excluding hydrogens is 410 g/mol. The molecule has 0 spiro atoms. The summed E-state index contributed by atoms with van der Waals surface area (Å²) in [4.78, 5) is 34.8. The Bertz CT molecular complexity index is 1090. The molecule has 0 aliphatic carbocycles. The van der Waals surface area contributed by atoms with Crippen LogP contribution in [0.15, 0.2) is 53.7 Å². The van der Waals surface area contributed by atoms with Crippen molar-refractivity contribution in [3.8, 4) is 0 Å². The van der Waals surface area contributed by atoms with Crippen LogP contribution < -0.4 is 10.6 Å². The SMILES string of the molecule is CC(Sc1nc(Nc2ccccc2Cl)c2ccccc2n1)C(=O)N1CCNC1=O. The van der Waals surface area contributed by atoms with Gasteiger partial charge in [0.1, 0.15) is 5.82 Å². The third-order valence-corrected chi connectivity index (χ3v) is 5.74. The number of rotatable bonds is 5. The van der Waals surface area contributed by atoms with E-state index in [4.69, 9.17) is 11.6 Å². The largest absolute Gasteiger partial charge is 0.338 e. The lowest BCUT2D eigenvalue weighted by Crippen LogP contribution is -2.39. The van der Waals surface area contributed by atoms with Gasteiger partial charge in [0.25, 0.3) is 0 Å². The highest BCUT2D eigenvalue weighted by Crippen LogP contribution is 2.31. The summed E-state index contributed by atoms with van der Waals surface area (Å²) < 4.78 is 0. The summed E-state index contributed by atoms with van der Waals surface area (Å²) in [5.74, 6) is 0.340. The molecule has 1 aliphatic rings. The first-order valence-electron chi connectivity index (χ1n) is 9.07. The van der Waals surface area contributed by atoms with E-state index in [0.29, 0.717) is 29.1 Å². The summed E-state index contributed by atoms with van der Waals surface area (Å²) >= 11 is 7.50. The molecule has 2 aromatic carbocycles. The van der Waals surface area contributed by atoms with Crippen LogP contribution in [0.2, 0.25) is 5.02 Å². The quantitative estimate of drug-likeness (QED) is 0.471. The summed E-state index contributed by atoms with van der Waals surface area (Å²) in [5.41, 5.74) is 1.48. The summed E-state index contributed by atoms with van der Waals surface area (Å²) in [5, 5.41) is 7.26. The molecule has 1 unspecified atom stereocenters. The van der Waals surface area contributed by atoms with Crippen LogP contribution in [-0.2, 0) is 4.79 Å². The van der Waals surface area contributed by atoms with Crippen LogP contribution in [0.5, 0.6) is 0 Å². The number of carbonyl (C=O) groups excluding carboxylic acids is 2. The third kappa shape index (κ3) is 4.13. The maximum absolute atomic E-state index is 12.6. The molecule has 2 heterocycles. The highest BCUT2D eigenvalue weighted by molar-refractivity contribution is 8.00. The molecule has 2 N–H and O–H groups in total. The molecule has 148 valence electrons. The van der Waals surface area contributed by atoms with Gasteiger partial charge in [-0.2, -0.15) is 0 Å². The zero-order valence-corrected chi connectivity index (χ0v) is 17.1. The minimum atomic E-state index is -0.506. The summed E-state index contributed by atoms with van der Waals surface area (Å²) in [6.45, 7) is 2.60. The molecule has 3 amide bonds. The lowest BCUT2D eigenvalue weighted by molar-refractivity contribution is -0.126. The third-order valence-electron chi connectivity index (χ3n) is 4.46. The van der Waals surface area contributed by atoms with Gasteiger partial charge in [0.15, 0.2) is 5.16 Å². The number of anilines is 2. The number of nitrogens with one attached hydrogen (secondary N) is 2. The van der Waals surface area contributed by atoms with Crippen molar-refractivity contribution >= 4 is 57.7 Å². The van der Waals surface area contributed by atoms with Gasteiger partial charge in [0.2, 0.25) is 5.91 Å². The molecule has 3 aromatic rings. The molecular formula is C20H18ClN5O2S. The number of fused-ring (bicyclic) bond motifs is 1. The molecule has 1 aliphatic heterocycles. The fourth-order valence-corrected chi connectivity index (χ4v) is 4.03. The number of urea groups is 1. The Morgan fingerprint density at radius 1 is 1.21 bits per heavy atom. The highest BCUT2D eigenvalue weighted by atomic mass is 35.5. The van der Waals surface area contributed by atoms with Gasteiger partial charge in [0, 0.05) is 18.5 Å². The Morgan fingerprint density at radius 2 is 1.97 bits per heavy atom. The Balaban J connectivity index is 1.64. The molecule has 1 fully saturated rings. The number of hydrogen-bond acceptors (Lipinski definition) is 6. The molecule has 29 heavy (non-hydrogen) atoms. The lowest BCUT2D eigenvalue weighted by Gasteiger charge is -2.17.